The lowest BCUT2D eigenvalue weighted by Crippen LogP contribution is -2.27. The van der Waals surface area contributed by atoms with Crippen LogP contribution < -0.4 is 0 Å². The lowest BCUT2D eigenvalue weighted by molar-refractivity contribution is -0.125. The average molecular weight is 270 g/mol. The molecular weight excluding hydrogens is 244 g/mol. The summed E-state index contributed by atoms with van der Waals surface area (Å²) in [5.41, 5.74) is 2.42. The largest absolute Gasteiger partial charge is 0.299 e. The number of benzene rings is 1. The second kappa shape index (κ2) is 6.88. The van der Waals surface area contributed by atoms with Gasteiger partial charge < -0.3 is 0 Å². The summed E-state index contributed by atoms with van der Waals surface area (Å²) in [6.45, 7) is 6.36. The minimum atomic E-state index is -0.175. The van der Waals surface area contributed by atoms with Crippen LogP contribution in [0, 0.1) is 5.41 Å². The van der Waals surface area contributed by atoms with Gasteiger partial charge in [0.1, 0.15) is 5.78 Å². The van der Waals surface area contributed by atoms with Crippen LogP contribution in [0.4, 0.5) is 0 Å². The molecule has 0 N–H and O–H groups in total. The average Bonchev–Trinajstić information content (AvgIpc) is 2.74. The van der Waals surface area contributed by atoms with E-state index < -0.39 is 0 Å². The van der Waals surface area contributed by atoms with Crippen molar-refractivity contribution in [3.63, 3.8) is 0 Å². The van der Waals surface area contributed by atoms with E-state index >= 15 is 0 Å². The van der Waals surface area contributed by atoms with Crippen LogP contribution in [0.5, 0.6) is 0 Å². The molecule has 1 aliphatic rings. The summed E-state index contributed by atoms with van der Waals surface area (Å²) in [5.74, 6) is 0.448. The lowest BCUT2D eigenvalue weighted by atomic mass is 9.74. The summed E-state index contributed by atoms with van der Waals surface area (Å²) in [4.78, 5) is 12.3. The summed E-state index contributed by atoms with van der Waals surface area (Å²) in [6, 6.07) is 10.6. The number of unbranched alkanes of at least 4 members (excludes halogenated alkanes) is 1. The first kappa shape index (κ1) is 15.0. The van der Waals surface area contributed by atoms with E-state index in [1.807, 2.05) is 0 Å². The van der Waals surface area contributed by atoms with Gasteiger partial charge in [-0.15, -0.1) is 0 Å². The zero-order valence-electron chi connectivity index (χ0n) is 12.7. The fraction of sp³-hybridized carbons (Fsp3) is 0.526. The molecule has 1 nitrogen and oxygen atoms in total. The second-order valence-electron chi connectivity index (χ2n) is 6.05. The molecule has 108 valence electrons. The summed E-state index contributed by atoms with van der Waals surface area (Å²) >= 11 is 0. The van der Waals surface area contributed by atoms with Crippen molar-refractivity contribution in [3.8, 4) is 0 Å². The molecule has 1 aromatic carbocycles. The van der Waals surface area contributed by atoms with Gasteiger partial charge in [-0.1, -0.05) is 62.2 Å². The number of rotatable bonds is 7. The number of Topliss-reactive ketones (excluding diaryl/α,β-unsaturated/α-hetero) is 1. The minimum absolute atomic E-state index is 0.175. The molecule has 1 atom stereocenters. The topological polar surface area (TPSA) is 17.1 Å². The first-order valence-corrected chi connectivity index (χ1v) is 7.94. The molecular formula is C19H26O. The van der Waals surface area contributed by atoms with Crippen LogP contribution >= 0.6 is 0 Å². The molecule has 1 fully saturated rings. The van der Waals surface area contributed by atoms with Crippen molar-refractivity contribution < 1.29 is 4.79 Å². The molecule has 1 saturated carbocycles. The molecule has 0 spiro atoms. The Labute approximate surface area is 123 Å². The Morgan fingerprint density at radius 1 is 1.10 bits per heavy atom. The maximum atomic E-state index is 12.3. The molecule has 1 aliphatic carbocycles. The number of aryl methyl sites for hydroxylation is 1. The molecule has 0 heterocycles. The summed E-state index contributed by atoms with van der Waals surface area (Å²) < 4.78 is 0. The molecule has 0 aromatic heterocycles. The molecule has 1 aromatic rings. The third-order valence-electron chi connectivity index (χ3n) is 4.70. The quantitative estimate of drug-likeness (QED) is 0.497. The number of carbonyl (C=O) groups excluding carboxylic acids is 1. The van der Waals surface area contributed by atoms with Gasteiger partial charge in [-0.3, -0.25) is 4.79 Å². The van der Waals surface area contributed by atoms with Gasteiger partial charge in [0, 0.05) is 11.8 Å². The number of allylic oxidation sites excluding steroid dienone is 1. The summed E-state index contributed by atoms with van der Waals surface area (Å²) in [5, 5.41) is 0. The van der Waals surface area contributed by atoms with Crippen molar-refractivity contribution in [1.29, 1.82) is 0 Å². The Morgan fingerprint density at radius 3 is 2.45 bits per heavy atom. The standard InChI is InChI=1S/C19H26O/c1-3-14-19(16(2)12-13-18(19)20)15-8-7-11-17-9-5-4-6-10-17/h4-6,9-10H,2-3,7-8,11-15H2,1H3. The normalized spacial score (nSPS) is 22.4. The highest BCUT2D eigenvalue weighted by molar-refractivity contribution is 5.91. The SMILES string of the molecule is C=C1CCC(=O)C1(CCC)CCCCc1ccccc1. The minimum Gasteiger partial charge on any atom is -0.299 e. The van der Waals surface area contributed by atoms with Crippen LogP contribution in [0.15, 0.2) is 42.5 Å². The molecule has 0 aliphatic heterocycles. The van der Waals surface area contributed by atoms with Crippen LogP contribution in [0.3, 0.4) is 0 Å². The molecule has 20 heavy (non-hydrogen) atoms. The highest BCUT2D eigenvalue weighted by Gasteiger charge is 2.43. The van der Waals surface area contributed by atoms with Crippen LogP contribution in [0.2, 0.25) is 0 Å². The van der Waals surface area contributed by atoms with Gasteiger partial charge in [-0.2, -0.15) is 0 Å². The Morgan fingerprint density at radius 2 is 1.85 bits per heavy atom. The monoisotopic (exact) mass is 270 g/mol. The van der Waals surface area contributed by atoms with Gasteiger partial charge in [0.05, 0.1) is 0 Å². The number of hydrogen-bond acceptors (Lipinski definition) is 1. The Hall–Kier alpha value is -1.37. The van der Waals surface area contributed by atoms with Crippen molar-refractivity contribution in [2.45, 2.75) is 58.3 Å². The van der Waals surface area contributed by atoms with Crippen molar-refractivity contribution in [1.82, 2.24) is 0 Å². The predicted octanol–water partition coefficient (Wildman–Crippen LogP) is 5.11. The second-order valence-corrected chi connectivity index (χ2v) is 6.05. The van der Waals surface area contributed by atoms with Crippen LogP contribution in [0.25, 0.3) is 0 Å². The van der Waals surface area contributed by atoms with E-state index in [-0.39, 0.29) is 5.41 Å². The van der Waals surface area contributed by atoms with Gasteiger partial charge in [-0.05, 0) is 37.7 Å². The Kier molecular flexibility index (Phi) is 5.17. The van der Waals surface area contributed by atoms with E-state index in [4.69, 9.17) is 0 Å². The molecule has 0 bridgehead atoms. The van der Waals surface area contributed by atoms with E-state index in [9.17, 15) is 4.79 Å². The maximum Gasteiger partial charge on any atom is 0.143 e. The Bertz CT molecular complexity index is 442. The highest BCUT2D eigenvalue weighted by atomic mass is 16.1. The van der Waals surface area contributed by atoms with E-state index in [0.29, 0.717) is 5.78 Å². The number of hydrogen-bond donors (Lipinski definition) is 0. The van der Waals surface area contributed by atoms with Crippen LogP contribution in [0.1, 0.15) is 57.4 Å². The van der Waals surface area contributed by atoms with Crippen LogP contribution in [-0.4, -0.2) is 5.78 Å². The third kappa shape index (κ3) is 3.20. The van der Waals surface area contributed by atoms with Gasteiger partial charge in [0.2, 0.25) is 0 Å². The predicted molar refractivity (Wildman–Crippen MR) is 84.7 cm³/mol. The van der Waals surface area contributed by atoms with E-state index in [0.717, 1.165) is 51.4 Å². The van der Waals surface area contributed by atoms with E-state index in [1.54, 1.807) is 0 Å². The van der Waals surface area contributed by atoms with Crippen molar-refractivity contribution in [3.05, 3.63) is 48.0 Å². The van der Waals surface area contributed by atoms with Gasteiger partial charge in [0.25, 0.3) is 0 Å². The molecule has 2 rings (SSSR count). The fourth-order valence-corrected chi connectivity index (χ4v) is 3.52. The smallest absolute Gasteiger partial charge is 0.143 e. The first-order chi connectivity index (χ1) is 9.69. The lowest BCUT2D eigenvalue weighted by Gasteiger charge is -2.28. The Balaban J connectivity index is 1.87. The molecule has 0 radical (unpaired) electrons. The molecule has 1 unspecified atom stereocenters. The molecule has 0 amide bonds. The number of carbonyl (C=O) groups is 1. The van der Waals surface area contributed by atoms with Crippen LogP contribution in [-0.2, 0) is 11.2 Å². The third-order valence-corrected chi connectivity index (χ3v) is 4.70. The van der Waals surface area contributed by atoms with Gasteiger partial charge in [-0.25, -0.2) is 0 Å². The fourth-order valence-electron chi connectivity index (χ4n) is 3.52. The zero-order valence-corrected chi connectivity index (χ0v) is 12.7. The molecule has 0 saturated heterocycles. The van der Waals surface area contributed by atoms with Gasteiger partial charge in [0.15, 0.2) is 0 Å². The van der Waals surface area contributed by atoms with Gasteiger partial charge >= 0.3 is 0 Å². The first-order valence-electron chi connectivity index (χ1n) is 7.94. The van der Waals surface area contributed by atoms with E-state index in [1.165, 1.54) is 11.1 Å². The van der Waals surface area contributed by atoms with Crippen molar-refractivity contribution in [2.24, 2.45) is 5.41 Å². The van der Waals surface area contributed by atoms with Crippen molar-refractivity contribution >= 4 is 5.78 Å². The summed E-state index contributed by atoms with van der Waals surface area (Å²) in [7, 11) is 0. The summed E-state index contributed by atoms with van der Waals surface area (Å²) in [6.07, 6.45) is 8.11. The maximum absolute atomic E-state index is 12.3. The van der Waals surface area contributed by atoms with E-state index in [2.05, 4.69) is 43.8 Å². The number of ketones is 1. The van der Waals surface area contributed by atoms with Crippen molar-refractivity contribution in [2.75, 3.05) is 0 Å². The highest BCUT2D eigenvalue weighted by Crippen LogP contribution is 2.46. The zero-order chi connectivity index (χ0) is 14.4. The molecule has 1 heteroatoms.